The van der Waals surface area contributed by atoms with E-state index < -0.39 is 17.3 Å². The summed E-state index contributed by atoms with van der Waals surface area (Å²) in [4.78, 5) is 8.22. The van der Waals surface area contributed by atoms with Crippen molar-refractivity contribution >= 4 is 23.5 Å². The van der Waals surface area contributed by atoms with E-state index in [4.69, 9.17) is 0 Å². The van der Waals surface area contributed by atoms with Crippen LogP contribution in [0.1, 0.15) is 30.9 Å². The smallest absolute Gasteiger partial charge is 0.264 e. The highest BCUT2D eigenvalue weighted by molar-refractivity contribution is 8.15. The van der Waals surface area contributed by atoms with Crippen LogP contribution in [-0.4, -0.2) is 20.8 Å². The van der Waals surface area contributed by atoms with Crippen molar-refractivity contribution in [2.45, 2.75) is 31.0 Å². The summed E-state index contributed by atoms with van der Waals surface area (Å²) < 4.78 is 40.2. The molecule has 2 heterocycles. The Kier molecular flexibility index (Phi) is 7.14. The molecule has 0 aliphatic rings. The summed E-state index contributed by atoms with van der Waals surface area (Å²) in [7, 11) is 0. The second-order valence-corrected chi connectivity index (χ2v) is 7.55. The Hall–Kier alpha value is -1.72. The molecule has 0 fully saturated rings. The van der Waals surface area contributed by atoms with Crippen LogP contribution in [-0.2, 0) is 6.18 Å². The highest BCUT2D eigenvalue weighted by Gasteiger charge is 2.36. The predicted octanol–water partition coefficient (Wildman–Crippen LogP) is 5.62. The topological polar surface area (TPSA) is 49.6 Å². The largest absolute Gasteiger partial charge is 0.417 e. The van der Waals surface area contributed by atoms with Gasteiger partial charge in [0, 0.05) is 23.0 Å². The number of rotatable bonds is 7. The first-order valence-electron chi connectivity index (χ1n) is 7.60. The molecule has 0 bridgehead atoms. The van der Waals surface area contributed by atoms with Crippen molar-refractivity contribution in [2.75, 3.05) is 10.8 Å². The lowest BCUT2D eigenvalue weighted by molar-refractivity contribution is -0.138. The molecule has 0 N–H and O–H groups in total. The van der Waals surface area contributed by atoms with E-state index in [-0.39, 0.29) is 10.7 Å². The summed E-state index contributed by atoms with van der Waals surface area (Å²) in [5.74, 6) is 0.930. The molecule has 0 aromatic carbocycles. The lowest BCUT2D eigenvalue weighted by Gasteiger charge is -2.14. The molecule has 2 aromatic rings. The van der Waals surface area contributed by atoms with E-state index in [0.29, 0.717) is 10.6 Å². The van der Waals surface area contributed by atoms with Crippen molar-refractivity contribution in [3.05, 3.63) is 41.7 Å². The maximum Gasteiger partial charge on any atom is 0.417 e. The van der Waals surface area contributed by atoms with Crippen molar-refractivity contribution in [1.82, 2.24) is 9.97 Å². The highest BCUT2D eigenvalue weighted by Crippen LogP contribution is 2.38. The van der Waals surface area contributed by atoms with Crippen LogP contribution in [0.3, 0.4) is 0 Å². The van der Waals surface area contributed by atoms with Gasteiger partial charge in [-0.3, -0.25) is 4.98 Å². The van der Waals surface area contributed by atoms with Crippen molar-refractivity contribution in [1.29, 1.82) is 5.26 Å². The van der Waals surface area contributed by atoms with E-state index in [2.05, 4.69) is 16.9 Å². The second-order valence-electron chi connectivity index (χ2n) is 5.11. The first-order chi connectivity index (χ1) is 12.0. The Bertz CT molecular complexity index is 743. The average Bonchev–Trinajstić information content (AvgIpc) is 2.60. The molecular weight excluding hydrogens is 367 g/mol. The van der Waals surface area contributed by atoms with Crippen molar-refractivity contribution in [3.8, 4) is 17.3 Å². The Morgan fingerprint density at radius 2 is 2.12 bits per heavy atom. The van der Waals surface area contributed by atoms with Gasteiger partial charge in [-0.2, -0.15) is 30.2 Å². The summed E-state index contributed by atoms with van der Waals surface area (Å²) in [6, 6.07) is 5.87. The third kappa shape index (κ3) is 5.38. The number of aromatic nitrogens is 2. The van der Waals surface area contributed by atoms with E-state index in [1.807, 2.05) is 0 Å². The molecule has 0 saturated heterocycles. The lowest BCUT2D eigenvalue weighted by atomic mass is 10.1. The van der Waals surface area contributed by atoms with Crippen LogP contribution < -0.4 is 0 Å². The summed E-state index contributed by atoms with van der Waals surface area (Å²) in [5.41, 5.74) is -0.718. The van der Waals surface area contributed by atoms with Crippen LogP contribution in [0.4, 0.5) is 13.2 Å². The monoisotopic (exact) mass is 383 g/mol. The number of unbranched alkanes of at least 4 members (excludes halogenated alkanes) is 1. The van der Waals surface area contributed by atoms with Gasteiger partial charge in [-0.15, -0.1) is 0 Å². The van der Waals surface area contributed by atoms with Crippen LogP contribution in [0.5, 0.6) is 0 Å². The van der Waals surface area contributed by atoms with Gasteiger partial charge in [0.15, 0.2) is 0 Å². The molecule has 25 heavy (non-hydrogen) atoms. The number of pyridine rings is 2. The van der Waals surface area contributed by atoms with Crippen LogP contribution in [0.2, 0.25) is 0 Å². The fourth-order valence-corrected chi connectivity index (χ4v) is 4.23. The van der Waals surface area contributed by atoms with Gasteiger partial charge in [0.2, 0.25) is 0 Å². The standard InChI is InChI=1S/C17H16F3N3S2/c1-2-3-7-24-11-25-16-13(9-21)14(17(18,19)20)8-15(23-16)12-5-4-6-22-10-12/h4-6,8,10H,2-3,7,11H2,1H3. The van der Waals surface area contributed by atoms with E-state index in [0.717, 1.165) is 24.7 Å². The third-order valence-corrected chi connectivity index (χ3v) is 5.57. The molecule has 3 nitrogen and oxygen atoms in total. The van der Waals surface area contributed by atoms with Gasteiger partial charge in [-0.05, 0) is 30.4 Å². The number of nitrogens with zero attached hydrogens (tertiary/aromatic N) is 3. The van der Waals surface area contributed by atoms with Crippen molar-refractivity contribution in [3.63, 3.8) is 0 Å². The first kappa shape index (κ1) is 19.6. The molecule has 0 aliphatic heterocycles. The molecule has 0 amide bonds. The van der Waals surface area contributed by atoms with Crippen molar-refractivity contribution < 1.29 is 13.2 Å². The van der Waals surface area contributed by atoms with E-state index in [1.165, 1.54) is 24.2 Å². The van der Waals surface area contributed by atoms with E-state index >= 15 is 0 Å². The molecule has 8 heteroatoms. The maximum atomic E-state index is 13.4. The van der Waals surface area contributed by atoms with Crippen LogP contribution >= 0.6 is 23.5 Å². The minimum atomic E-state index is -4.62. The number of alkyl halides is 3. The predicted molar refractivity (Wildman–Crippen MR) is 95.3 cm³/mol. The van der Waals surface area contributed by atoms with Gasteiger partial charge in [-0.1, -0.05) is 25.1 Å². The second kappa shape index (κ2) is 9.11. The zero-order valence-electron chi connectivity index (χ0n) is 13.5. The number of thioether (sulfide) groups is 2. The first-order valence-corrected chi connectivity index (χ1v) is 9.74. The molecule has 2 rings (SSSR count). The summed E-state index contributed by atoms with van der Waals surface area (Å²) >= 11 is 2.80. The number of hydrogen-bond donors (Lipinski definition) is 0. The molecule has 0 unspecified atom stereocenters. The van der Waals surface area contributed by atoms with E-state index in [1.54, 1.807) is 30.0 Å². The Morgan fingerprint density at radius 3 is 2.72 bits per heavy atom. The molecule has 0 radical (unpaired) electrons. The summed E-state index contributed by atoms with van der Waals surface area (Å²) in [6.45, 7) is 2.08. The Balaban J connectivity index is 2.40. The minimum Gasteiger partial charge on any atom is -0.264 e. The maximum absolute atomic E-state index is 13.4. The molecule has 0 aliphatic carbocycles. The summed E-state index contributed by atoms with van der Waals surface area (Å²) in [6.07, 6.45) is 0.494. The fourth-order valence-electron chi connectivity index (χ4n) is 2.02. The zero-order chi connectivity index (χ0) is 18.3. The normalized spacial score (nSPS) is 11.3. The van der Waals surface area contributed by atoms with E-state index in [9.17, 15) is 18.4 Å². The highest BCUT2D eigenvalue weighted by atomic mass is 32.2. The van der Waals surface area contributed by atoms with Gasteiger partial charge in [-0.25, -0.2) is 4.98 Å². The average molecular weight is 383 g/mol. The Morgan fingerprint density at radius 1 is 1.32 bits per heavy atom. The van der Waals surface area contributed by atoms with Crippen LogP contribution in [0, 0.1) is 11.3 Å². The van der Waals surface area contributed by atoms with Gasteiger partial charge in [0.05, 0.1) is 16.8 Å². The fraction of sp³-hybridized carbons (Fsp3) is 0.353. The van der Waals surface area contributed by atoms with Gasteiger partial charge in [0.25, 0.3) is 0 Å². The van der Waals surface area contributed by atoms with Crippen LogP contribution in [0.15, 0.2) is 35.6 Å². The summed E-state index contributed by atoms with van der Waals surface area (Å²) in [5, 5.41) is 9.90. The molecule has 0 atom stereocenters. The van der Waals surface area contributed by atoms with Gasteiger partial charge in [0.1, 0.15) is 11.1 Å². The van der Waals surface area contributed by atoms with Crippen molar-refractivity contribution in [2.24, 2.45) is 0 Å². The Labute approximate surface area is 153 Å². The molecule has 132 valence electrons. The molecule has 0 spiro atoms. The minimum absolute atomic E-state index is 0.111. The lowest BCUT2D eigenvalue weighted by Crippen LogP contribution is -2.10. The van der Waals surface area contributed by atoms with Gasteiger partial charge >= 0.3 is 6.18 Å². The quantitative estimate of drug-likeness (QED) is 0.353. The SMILES string of the molecule is CCCCSCSc1nc(-c2cccnc2)cc(C(F)(F)F)c1C#N. The molecular formula is C17H16F3N3S2. The number of nitriles is 1. The number of hydrogen-bond acceptors (Lipinski definition) is 5. The number of halogens is 3. The zero-order valence-corrected chi connectivity index (χ0v) is 15.1. The third-order valence-electron chi connectivity index (χ3n) is 3.28. The van der Waals surface area contributed by atoms with Gasteiger partial charge < -0.3 is 0 Å². The van der Waals surface area contributed by atoms with Crippen LogP contribution in [0.25, 0.3) is 11.3 Å². The molecule has 2 aromatic heterocycles. The molecule has 0 saturated carbocycles.